The van der Waals surface area contributed by atoms with Gasteiger partial charge in [0.1, 0.15) is 0 Å². The van der Waals surface area contributed by atoms with E-state index in [2.05, 4.69) is 26.1 Å². The number of carbonyl (C=O) groups is 1. The molecule has 0 bridgehead atoms. The average Bonchev–Trinajstić information content (AvgIpc) is 2.26. The highest BCUT2D eigenvalue weighted by Gasteiger charge is 2.17. The van der Waals surface area contributed by atoms with Crippen LogP contribution >= 0.6 is 0 Å². The largest absolute Gasteiger partial charge is 0.353 e. The van der Waals surface area contributed by atoms with Gasteiger partial charge in [0.15, 0.2) is 0 Å². The Bertz CT molecular complexity index is 183. The van der Waals surface area contributed by atoms with Crippen molar-refractivity contribution in [3.63, 3.8) is 0 Å². The smallest absolute Gasteiger partial charge is 0.224 e. The lowest BCUT2D eigenvalue weighted by molar-refractivity contribution is -0.125. The van der Waals surface area contributed by atoms with Gasteiger partial charge in [-0.05, 0) is 19.8 Å². The van der Waals surface area contributed by atoms with Gasteiger partial charge in [-0.15, -0.1) is 0 Å². The van der Waals surface area contributed by atoms with Gasteiger partial charge in [0.2, 0.25) is 5.91 Å². The van der Waals surface area contributed by atoms with Crippen LogP contribution in [0, 0.1) is 5.92 Å². The quantitative estimate of drug-likeness (QED) is 0.596. The van der Waals surface area contributed by atoms with Gasteiger partial charge >= 0.3 is 0 Å². The molecule has 0 saturated carbocycles. The van der Waals surface area contributed by atoms with Gasteiger partial charge in [-0.3, -0.25) is 4.79 Å². The molecule has 0 aliphatic carbocycles. The Hall–Kier alpha value is -0.570. The van der Waals surface area contributed by atoms with E-state index in [0.717, 1.165) is 19.3 Å². The minimum atomic E-state index is -0.00127. The van der Waals surface area contributed by atoms with Crippen molar-refractivity contribution in [1.82, 2.24) is 5.32 Å². The standard InChI is InChI=1S/C13H28N2O/c1-4-6-7-9-11(3)15-13(16)12(10-14)8-5-2/h11-12H,4-10,14H2,1-3H3,(H,15,16). The van der Waals surface area contributed by atoms with Crippen molar-refractivity contribution in [2.75, 3.05) is 6.54 Å². The first-order valence-corrected chi connectivity index (χ1v) is 6.66. The number of rotatable bonds is 9. The van der Waals surface area contributed by atoms with Crippen molar-refractivity contribution in [3.05, 3.63) is 0 Å². The summed E-state index contributed by atoms with van der Waals surface area (Å²) in [5, 5.41) is 3.06. The van der Waals surface area contributed by atoms with Gasteiger partial charge in [0, 0.05) is 12.6 Å². The first-order valence-electron chi connectivity index (χ1n) is 6.66. The fraction of sp³-hybridized carbons (Fsp3) is 0.923. The van der Waals surface area contributed by atoms with E-state index in [1.54, 1.807) is 0 Å². The average molecular weight is 228 g/mol. The lowest BCUT2D eigenvalue weighted by Crippen LogP contribution is -2.39. The van der Waals surface area contributed by atoms with Crippen LogP contribution in [0.4, 0.5) is 0 Å². The maximum Gasteiger partial charge on any atom is 0.224 e. The van der Waals surface area contributed by atoms with Crippen LogP contribution in [-0.2, 0) is 4.79 Å². The molecule has 3 N–H and O–H groups in total. The van der Waals surface area contributed by atoms with E-state index >= 15 is 0 Å². The molecule has 3 nitrogen and oxygen atoms in total. The van der Waals surface area contributed by atoms with Crippen molar-refractivity contribution in [1.29, 1.82) is 0 Å². The molecule has 16 heavy (non-hydrogen) atoms. The Morgan fingerprint density at radius 1 is 1.19 bits per heavy atom. The molecule has 2 atom stereocenters. The highest BCUT2D eigenvalue weighted by Crippen LogP contribution is 2.07. The Morgan fingerprint density at radius 3 is 2.38 bits per heavy atom. The van der Waals surface area contributed by atoms with E-state index in [-0.39, 0.29) is 17.9 Å². The van der Waals surface area contributed by atoms with Gasteiger partial charge in [-0.25, -0.2) is 0 Å². The second-order valence-corrected chi connectivity index (χ2v) is 4.63. The summed E-state index contributed by atoms with van der Waals surface area (Å²) in [5.74, 6) is 0.131. The molecule has 0 fully saturated rings. The van der Waals surface area contributed by atoms with Gasteiger partial charge in [0.05, 0.1) is 5.92 Å². The van der Waals surface area contributed by atoms with E-state index in [1.807, 2.05) is 0 Å². The molecule has 96 valence electrons. The summed E-state index contributed by atoms with van der Waals surface area (Å²) in [6.45, 7) is 6.81. The van der Waals surface area contributed by atoms with Crippen molar-refractivity contribution < 1.29 is 4.79 Å². The van der Waals surface area contributed by atoms with Gasteiger partial charge in [0.25, 0.3) is 0 Å². The van der Waals surface area contributed by atoms with E-state index in [4.69, 9.17) is 5.73 Å². The molecule has 0 heterocycles. The van der Waals surface area contributed by atoms with Crippen molar-refractivity contribution >= 4 is 5.91 Å². The van der Waals surface area contributed by atoms with Crippen LogP contribution in [0.5, 0.6) is 0 Å². The highest BCUT2D eigenvalue weighted by atomic mass is 16.1. The van der Waals surface area contributed by atoms with Crippen LogP contribution in [0.15, 0.2) is 0 Å². The SMILES string of the molecule is CCCCCC(C)NC(=O)C(CN)CCC. The number of hydrogen-bond acceptors (Lipinski definition) is 2. The van der Waals surface area contributed by atoms with E-state index in [1.165, 1.54) is 19.3 Å². The monoisotopic (exact) mass is 228 g/mol. The lowest BCUT2D eigenvalue weighted by atomic mass is 10.0. The lowest BCUT2D eigenvalue weighted by Gasteiger charge is -2.18. The maximum absolute atomic E-state index is 11.8. The summed E-state index contributed by atoms with van der Waals surface area (Å²) in [5.41, 5.74) is 5.60. The molecule has 0 aromatic rings. The van der Waals surface area contributed by atoms with Crippen LogP contribution in [0.2, 0.25) is 0 Å². The third-order valence-corrected chi connectivity index (χ3v) is 2.92. The summed E-state index contributed by atoms with van der Waals surface area (Å²) < 4.78 is 0. The molecular weight excluding hydrogens is 200 g/mol. The summed E-state index contributed by atoms with van der Waals surface area (Å²) in [6, 6.07) is 0.282. The van der Waals surface area contributed by atoms with Crippen LogP contribution in [0.1, 0.15) is 59.3 Å². The molecule has 0 rings (SSSR count). The highest BCUT2D eigenvalue weighted by molar-refractivity contribution is 5.79. The second kappa shape index (κ2) is 9.64. The molecule has 0 aromatic heterocycles. The molecule has 2 unspecified atom stereocenters. The molecule has 0 spiro atoms. The molecule has 0 saturated heterocycles. The van der Waals surface area contributed by atoms with Crippen molar-refractivity contribution in [2.24, 2.45) is 11.7 Å². The number of nitrogens with one attached hydrogen (secondary N) is 1. The normalized spacial score (nSPS) is 14.5. The van der Waals surface area contributed by atoms with Crippen molar-refractivity contribution in [3.8, 4) is 0 Å². The zero-order chi connectivity index (χ0) is 12.4. The zero-order valence-corrected chi connectivity index (χ0v) is 11.1. The zero-order valence-electron chi connectivity index (χ0n) is 11.1. The minimum absolute atomic E-state index is 0.00127. The number of nitrogens with two attached hydrogens (primary N) is 1. The van der Waals surface area contributed by atoms with Gasteiger partial charge in [-0.1, -0.05) is 39.5 Å². The Labute approximate surface area is 100 Å². The predicted octanol–water partition coefficient (Wildman–Crippen LogP) is 2.45. The number of carbonyl (C=O) groups excluding carboxylic acids is 1. The van der Waals surface area contributed by atoms with E-state index in [9.17, 15) is 4.79 Å². The second-order valence-electron chi connectivity index (χ2n) is 4.63. The van der Waals surface area contributed by atoms with E-state index < -0.39 is 0 Å². The molecular formula is C13H28N2O. The molecule has 0 aromatic carbocycles. The summed E-state index contributed by atoms with van der Waals surface area (Å²) >= 11 is 0. The van der Waals surface area contributed by atoms with Crippen LogP contribution in [0.25, 0.3) is 0 Å². The summed E-state index contributed by atoms with van der Waals surface area (Å²) in [4.78, 5) is 11.8. The summed E-state index contributed by atoms with van der Waals surface area (Å²) in [7, 11) is 0. The Kier molecular flexibility index (Phi) is 9.30. The first-order chi connectivity index (χ1) is 7.65. The Balaban J connectivity index is 3.82. The first kappa shape index (κ1) is 15.4. The van der Waals surface area contributed by atoms with Gasteiger partial charge in [-0.2, -0.15) is 0 Å². The van der Waals surface area contributed by atoms with Crippen LogP contribution in [-0.4, -0.2) is 18.5 Å². The number of unbranched alkanes of at least 4 members (excludes halogenated alkanes) is 2. The van der Waals surface area contributed by atoms with Crippen LogP contribution < -0.4 is 11.1 Å². The summed E-state index contributed by atoms with van der Waals surface area (Å²) in [6.07, 6.45) is 6.64. The topological polar surface area (TPSA) is 55.1 Å². The van der Waals surface area contributed by atoms with Crippen LogP contribution in [0.3, 0.4) is 0 Å². The fourth-order valence-corrected chi connectivity index (χ4v) is 1.84. The fourth-order valence-electron chi connectivity index (χ4n) is 1.84. The molecule has 0 aliphatic heterocycles. The predicted molar refractivity (Wildman–Crippen MR) is 69.2 cm³/mol. The molecule has 0 aliphatic rings. The molecule has 3 heteroatoms. The molecule has 0 radical (unpaired) electrons. The Morgan fingerprint density at radius 2 is 1.88 bits per heavy atom. The molecule has 1 amide bonds. The number of amides is 1. The third-order valence-electron chi connectivity index (χ3n) is 2.92. The minimum Gasteiger partial charge on any atom is -0.353 e. The number of hydrogen-bond donors (Lipinski definition) is 2. The van der Waals surface area contributed by atoms with Gasteiger partial charge < -0.3 is 11.1 Å². The van der Waals surface area contributed by atoms with E-state index in [0.29, 0.717) is 6.54 Å². The van der Waals surface area contributed by atoms with Crippen molar-refractivity contribution in [2.45, 2.75) is 65.3 Å². The maximum atomic E-state index is 11.8. The third kappa shape index (κ3) is 6.83.